The monoisotopic (exact) mass is 279 g/mol. The Balaban J connectivity index is 2.49. The predicted molar refractivity (Wildman–Crippen MR) is 79.2 cm³/mol. The molecular formula is C16H25NO3. The summed E-state index contributed by atoms with van der Waals surface area (Å²) >= 11 is 0. The van der Waals surface area contributed by atoms with Crippen LogP contribution in [0.5, 0.6) is 0 Å². The summed E-state index contributed by atoms with van der Waals surface area (Å²) in [4.78, 5) is 12.0. The minimum absolute atomic E-state index is 0.368. The van der Waals surface area contributed by atoms with Gasteiger partial charge in [0.05, 0.1) is 12.0 Å². The van der Waals surface area contributed by atoms with E-state index in [0.717, 1.165) is 5.56 Å². The van der Waals surface area contributed by atoms with Crippen LogP contribution in [0.25, 0.3) is 0 Å². The lowest BCUT2D eigenvalue weighted by molar-refractivity contribution is -0.163. The average Bonchev–Trinajstić information content (AvgIpc) is 2.33. The third-order valence-corrected chi connectivity index (χ3v) is 2.83. The van der Waals surface area contributed by atoms with Gasteiger partial charge in [0, 0.05) is 13.1 Å². The third kappa shape index (κ3) is 6.17. The fourth-order valence-corrected chi connectivity index (χ4v) is 1.80. The van der Waals surface area contributed by atoms with Gasteiger partial charge < -0.3 is 15.2 Å². The number of aliphatic hydroxyl groups excluding tert-OH is 1. The quantitative estimate of drug-likeness (QED) is 0.783. The standard InChI is InChI=1S/C16H25NO3/c1-12(18)14(15(19)20-16(2,3)4)11-17-10-13-8-6-5-7-9-13/h5-9,12,14,17-18H,10-11H2,1-4H3/t12-,14-/m1/s1. The second kappa shape index (κ2) is 7.41. The number of aliphatic hydroxyl groups is 1. The summed E-state index contributed by atoms with van der Waals surface area (Å²) in [6, 6.07) is 9.92. The zero-order valence-corrected chi connectivity index (χ0v) is 12.7. The van der Waals surface area contributed by atoms with Gasteiger partial charge in [-0.3, -0.25) is 4.79 Å². The number of benzene rings is 1. The van der Waals surface area contributed by atoms with Gasteiger partial charge in [-0.2, -0.15) is 0 Å². The lowest BCUT2D eigenvalue weighted by Crippen LogP contribution is -2.39. The number of hydrogen-bond acceptors (Lipinski definition) is 4. The predicted octanol–water partition coefficient (Wildman–Crippen LogP) is 2.11. The molecule has 1 aromatic rings. The van der Waals surface area contributed by atoms with Gasteiger partial charge in [-0.15, -0.1) is 0 Å². The Morgan fingerprint density at radius 3 is 2.40 bits per heavy atom. The van der Waals surface area contributed by atoms with Crippen molar-refractivity contribution in [2.75, 3.05) is 6.54 Å². The molecule has 0 aromatic heterocycles. The zero-order chi connectivity index (χ0) is 15.2. The van der Waals surface area contributed by atoms with Crippen LogP contribution in [0.4, 0.5) is 0 Å². The van der Waals surface area contributed by atoms with E-state index >= 15 is 0 Å². The van der Waals surface area contributed by atoms with E-state index in [2.05, 4.69) is 5.32 Å². The Morgan fingerprint density at radius 1 is 1.30 bits per heavy atom. The lowest BCUT2D eigenvalue weighted by Gasteiger charge is -2.25. The van der Waals surface area contributed by atoms with Gasteiger partial charge in [-0.05, 0) is 33.3 Å². The fraction of sp³-hybridized carbons (Fsp3) is 0.562. The maximum absolute atomic E-state index is 12.0. The van der Waals surface area contributed by atoms with Crippen LogP contribution in [0.15, 0.2) is 30.3 Å². The molecule has 0 bridgehead atoms. The highest BCUT2D eigenvalue weighted by Crippen LogP contribution is 2.13. The van der Waals surface area contributed by atoms with Gasteiger partial charge in [0.2, 0.25) is 0 Å². The van der Waals surface area contributed by atoms with Crippen LogP contribution in [0.1, 0.15) is 33.3 Å². The molecule has 2 N–H and O–H groups in total. The molecule has 0 fully saturated rings. The first-order valence-corrected chi connectivity index (χ1v) is 6.95. The van der Waals surface area contributed by atoms with E-state index in [1.165, 1.54) is 0 Å². The van der Waals surface area contributed by atoms with E-state index in [4.69, 9.17) is 4.74 Å². The topological polar surface area (TPSA) is 58.6 Å². The van der Waals surface area contributed by atoms with Crippen molar-refractivity contribution in [2.45, 2.75) is 45.9 Å². The number of carbonyl (C=O) groups is 1. The molecule has 1 rings (SSSR count). The van der Waals surface area contributed by atoms with Crippen LogP contribution in [-0.2, 0) is 16.1 Å². The zero-order valence-electron chi connectivity index (χ0n) is 12.7. The highest BCUT2D eigenvalue weighted by molar-refractivity contribution is 5.73. The van der Waals surface area contributed by atoms with Crippen molar-refractivity contribution in [3.8, 4) is 0 Å². The van der Waals surface area contributed by atoms with E-state index in [1.807, 2.05) is 51.1 Å². The van der Waals surface area contributed by atoms with Crippen LogP contribution in [0.2, 0.25) is 0 Å². The molecule has 20 heavy (non-hydrogen) atoms. The maximum atomic E-state index is 12.0. The fourth-order valence-electron chi connectivity index (χ4n) is 1.80. The molecule has 0 aliphatic carbocycles. The van der Waals surface area contributed by atoms with E-state index in [-0.39, 0.29) is 5.97 Å². The third-order valence-electron chi connectivity index (χ3n) is 2.83. The molecule has 0 aliphatic rings. The largest absolute Gasteiger partial charge is 0.460 e. The Morgan fingerprint density at radius 2 is 1.90 bits per heavy atom. The SMILES string of the molecule is C[C@@H](O)[C@@H](CNCc1ccccc1)C(=O)OC(C)(C)C. The van der Waals surface area contributed by atoms with Gasteiger partial charge in [0.15, 0.2) is 0 Å². The van der Waals surface area contributed by atoms with Gasteiger partial charge in [-0.25, -0.2) is 0 Å². The number of carbonyl (C=O) groups excluding carboxylic acids is 1. The Hall–Kier alpha value is -1.39. The molecule has 4 heteroatoms. The second-order valence-electron chi connectivity index (χ2n) is 6.00. The van der Waals surface area contributed by atoms with Crippen LogP contribution >= 0.6 is 0 Å². The molecule has 0 spiro atoms. The van der Waals surface area contributed by atoms with Crippen molar-refractivity contribution in [2.24, 2.45) is 5.92 Å². The van der Waals surface area contributed by atoms with Gasteiger partial charge in [0.1, 0.15) is 5.60 Å². The Kier molecular flexibility index (Phi) is 6.17. The summed E-state index contributed by atoms with van der Waals surface area (Å²) in [6.45, 7) is 8.12. The Labute approximate surface area is 121 Å². The smallest absolute Gasteiger partial charge is 0.313 e. The first-order valence-electron chi connectivity index (χ1n) is 6.95. The second-order valence-corrected chi connectivity index (χ2v) is 6.00. The van der Waals surface area contributed by atoms with Crippen LogP contribution < -0.4 is 5.32 Å². The van der Waals surface area contributed by atoms with Crippen molar-refractivity contribution in [3.63, 3.8) is 0 Å². The first-order chi connectivity index (χ1) is 9.29. The molecule has 0 unspecified atom stereocenters. The average molecular weight is 279 g/mol. The molecule has 0 aliphatic heterocycles. The van der Waals surface area contributed by atoms with Gasteiger partial charge in [-0.1, -0.05) is 30.3 Å². The van der Waals surface area contributed by atoms with Crippen LogP contribution in [0, 0.1) is 5.92 Å². The van der Waals surface area contributed by atoms with Crippen molar-refractivity contribution in [3.05, 3.63) is 35.9 Å². The normalized spacial score (nSPS) is 14.7. The van der Waals surface area contributed by atoms with Gasteiger partial charge in [0.25, 0.3) is 0 Å². The Bertz CT molecular complexity index is 409. The van der Waals surface area contributed by atoms with Crippen molar-refractivity contribution in [1.82, 2.24) is 5.32 Å². The van der Waals surface area contributed by atoms with Gasteiger partial charge >= 0.3 is 5.97 Å². The first kappa shape index (κ1) is 16.7. The lowest BCUT2D eigenvalue weighted by atomic mass is 10.0. The van der Waals surface area contributed by atoms with E-state index in [0.29, 0.717) is 13.1 Å². The summed E-state index contributed by atoms with van der Waals surface area (Å²) in [5, 5.41) is 12.9. The summed E-state index contributed by atoms with van der Waals surface area (Å²) in [6.07, 6.45) is -0.742. The maximum Gasteiger partial charge on any atom is 0.313 e. The summed E-state index contributed by atoms with van der Waals surface area (Å²) < 4.78 is 5.32. The van der Waals surface area contributed by atoms with Crippen molar-refractivity contribution in [1.29, 1.82) is 0 Å². The molecule has 0 radical (unpaired) electrons. The molecular weight excluding hydrogens is 254 g/mol. The van der Waals surface area contributed by atoms with E-state index < -0.39 is 17.6 Å². The minimum Gasteiger partial charge on any atom is -0.460 e. The van der Waals surface area contributed by atoms with E-state index in [9.17, 15) is 9.90 Å². The summed E-state index contributed by atoms with van der Waals surface area (Å²) in [7, 11) is 0. The number of ether oxygens (including phenoxy) is 1. The molecule has 2 atom stereocenters. The summed E-state index contributed by atoms with van der Waals surface area (Å²) in [5.74, 6) is -0.925. The molecule has 0 heterocycles. The molecule has 1 aromatic carbocycles. The molecule has 0 saturated heterocycles. The highest BCUT2D eigenvalue weighted by Gasteiger charge is 2.28. The summed E-state index contributed by atoms with van der Waals surface area (Å²) in [5.41, 5.74) is 0.602. The van der Waals surface area contributed by atoms with Crippen molar-refractivity contribution < 1.29 is 14.6 Å². The van der Waals surface area contributed by atoms with Crippen LogP contribution in [0.3, 0.4) is 0 Å². The molecule has 0 saturated carbocycles. The number of nitrogens with one attached hydrogen (secondary N) is 1. The van der Waals surface area contributed by atoms with Crippen molar-refractivity contribution >= 4 is 5.97 Å². The molecule has 0 amide bonds. The number of rotatable bonds is 6. The number of esters is 1. The van der Waals surface area contributed by atoms with Crippen LogP contribution in [-0.4, -0.2) is 29.3 Å². The van der Waals surface area contributed by atoms with E-state index in [1.54, 1.807) is 6.92 Å². The molecule has 4 nitrogen and oxygen atoms in total. The molecule has 112 valence electrons. The minimum atomic E-state index is -0.742. The highest BCUT2D eigenvalue weighted by atomic mass is 16.6. The number of hydrogen-bond donors (Lipinski definition) is 2.